The van der Waals surface area contributed by atoms with Gasteiger partial charge in [0.2, 0.25) is 0 Å². The average molecular weight is 363 g/mol. The summed E-state index contributed by atoms with van der Waals surface area (Å²) < 4.78 is 19.4. The van der Waals surface area contributed by atoms with Gasteiger partial charge in [0.25, 0.3) is 5.91 Å². The SMILES string of the molecule is CC(NC(=O)c1cncc(-c2ccc3c(c2)CCO3)c1)c1ccncc1F. The van der Waals surface area contributed by atoms with Crippen molar-refractivity contribution in [2.45, 2.75) is 19.4 Å². The van der Waals surface area contributed by atoms with Crippen molar-refractivity contribution in [3.8, 4) is 16.9 Å². The van der Waals surface area contributed by atoms with Gasteiger partial charge >= 0.3 is 0 Å². The van der Waals surface area contributed by atoms with Crippen LogP contribution in [0.25, 0.3) is 11.1 Å². The van der Waals surface area contributed by atoms with Crippen molar-refractivity contribution < 1.29 is 13.9 Å². The molecule has 27 heavy (non-hydrogen) atoms. The molecule has 1 aliphatic rings. The molecule has 3 heterocycles. The molecule has 1 unspecified atom stereocenters. The summed E-state index contributed by atoms with van der Waals surface area (Å²) in [6.45, 7) is 2.43. The summed E-state index contributed by atoms with van der Waals surface area (Å²) in [5.74, 6) is 0.156. The molecule has 5 nitrogen and oxygen atoms in total. The predicted molar refractivity (Wildman–Crippen MR) is 98.9 cm³/mol. The van der Waals surface area contributed by atoms with Crippen LogP contribution in [0.4, 0.5) is 4.39 Å². The van der Waals surface area contributed by atoms with E-state index in [0.29, 0.717) is 17.7 Å². The third kappa shape index (κ3) is 3.51. The summed E-state index contributed by atoms with van der Waals surface area (Å²) in [6.07, 6.45) is 6.75. The fourth-order valence-corrected chi connectivity index (χ4v) is 3.18. The number of fused-ring (bicyclic) bond motifs is 1. The van der Waals surface area contributed by atoms with Gasteiger partial charge < -0.3 is 10.1 Å². The van der Waals surface area contributed by atoms with Crippen molar-refractivity contribution in [2.75, 3.05) is 6.61 Å². The van der Waals surface area contributed by atoms with E-state index in [1.807, 2.05) is 12.1 Å². The Morgan fingerprint density at radius 1 is 1.15 bits per heavy atom. The van der Waals surface area contributed by atoms with Gasteiger partial charge in [0.1, 0.15) is 11.6 Å². The number of pyridine rings is 2. The van der Waals surface area contributed by atoms with Gasteiger partial charge in [-0.1, -0.05) is 6.07 Å². The molecular formula is C21H18FN3O2. The summed E-state index contributed by atoms with van der Waals surface area (Å²) in [4.78, 5) is 20.5. The van der Waals surface area contributed by atoms with E-state index in [2.05, 4.69) is 21.4 Å². The summed E-state index contributed by atoms with van der Waals surface area (Å²) in [5, 5.41) is 2.81. The Hall–Kier alpha value is -3.28. The second kappa shape index (κ2) is 7.15. The second-order valence-corrected chi connectivity index (χ2v) is 6.48. The number of benzene rings is 1. The zero-order valence-electron chi connectivity index (χ0n) is 14.8. The molecule has 0 saturated carbocycles. The number of carbonyl (C=O) groups is 1. The van der Waals surface area contributed by atoms with Crippen molar-refractivity contribution in [1.82, 2.24) is 15.3 Å². The molecule has 1 aromatic carbocycles. The molecule has 2 aromatic heterocycles. The minimum Gasteiger partial charge on any atom is -0.493 e. The Kier molecular flexibility index (Phi) is 4.54. The number of aromatic nitrogens is 2. The normalized spacial score (nSPS) is 13.6. The Balaban J connectivity index is 1.55. The minimum absolute atomic E-state index is 0.308. The molecule has 4 rings (SSSR count). The van der Waals surface area contributed by atoms with E-state index in [0.717, 1.165) is 35.1 Å². The molecule has 0 saturated heterocycles. The molecule has 3 aromatic rings. The number of hydrogen-bond donors (Lipinski definition) is 1. The van der Waals surface area contributed by atoms with Crippen LogP contribution in [-0.4, -0.2) is 22.5 Å². The van der Waals surface area contributed by atoms with Gasteiger partial charge in [-0.25, -0.2) is 4.39 Å². The molecular weight excluding hydrogens is 345 g/mol. The highest BCUT2D eigenvalue weighted by Gasteiger charge is 2.17. The van der Waals surface area contributed by atoms with Gasteiger partial charge in [-0.05, 0) is 42.3 Å². The van der Waals surface area contributed by atoms with E-state index in [1.54, 1.807) is 25.3 Å². The lowest BCUT2D eigenvalue weighted by Crippen LogP contribution is -2.27. The predicted octanol–water partition coefficient (Wildman–Crippen LogP) is 3.71. The topological polar surface area (TPSA) is 64.1 Å². The lowest BCUT2D eigenvalue weighted by atomic mass is 10.0. The number of halogens is 1. The molecule has 1 atom stereocenters. The van der Waals surface area contributed by atoms with E-state index in [4.69, 9.17) is 4.74 Å². The van der Waals surface area contributed by atoms with Crippen molar-refractivity contribution in [1.29, 1.82) is 0 Å². The molecule has 0 aliphatic carbocycles. The zero-order valence-corrected chi connectivity index (χ0v) is 14.8. The third-order valence-corrected chi connectivity index (χ3v) is 4.64. The van der Waals surface area contributed by atoms with E-state index in [1.165, 1.54) is 12.4 Å². The van der Waals surface area contributed by atoms with Gasteiger partial charge in [0.15, 0.2) is 0 Å². The number of ether oxygens (including phenoxy) is 1. The first-order valence-electron chi connectivity index (χ1n) is 8.73. The first-order chi connectivity index (χ1) is 13.1. The molecule has 0 bridgehead atoms. The summed E-state index contributed by atoms with van der Waals surface area (Å²) in [7, 11) is 0. The lowest BCUT2D eigenvalue weighted by Gasteiger charge is -2.15. The van der Waals surface area contributed by atoms with Crippen molar-refractivity contribution >= 4 is 5.91 Å². The van der Waals surface area contributed by atoms with Crippen molar-refractivity contribution in [3.63, 3.8) is 0 Å². The fraction of sp³-hybridized carbons (Fsp3) is 0.190. The van der Waals surface area contributed by atoms with Crippen LogP contribution in [0.3, 0.4) is 0 Å². The van der Waals surface area contributed by atoms with Crippen LogP contribution < -0.4 is 10.1 Å². The van der Waals surface area contributed by atoms with Crippen LogP contribution in [0.15, 0.2) is 55.1 Å². The van der Waals surface area contributed by atoms with E-state index in [-0.39, 0.29) is 5.91 Å². The van der Waals surface area contributed by atoms with Gasteiger partial charge in [0.05, 0.1) is 24.4 Å². The minimum atomic E-state index is -0.485. The van der Waals surface area contributed by atoms with Crippen LogP contribution in [0.1, 0.15) is 34.5 Å². The maximum Gasteiger partial charge on any atom is 0.253 e. The Bertz CT molecular complexity index is 1010. The first-order valence-corrected chi connectivity index (χ1v) is 8.73. The smallest absolute Gasteiger partial charge is 0.253 e. The standard InChI is InChI=1S/C21H18FN3O2/c1-13(18-4-6-23-12-19(18)22)25-21(26)17-9-16(10-24-11-17)14-2-3-20-15(8-14)5-7-27-20/h2-4,6,8-13H,5,7H2,1H3,(H,25,26). The molecule has 6 heteroatoms. The number of hydrogen-bond acceptors (Lipinski definition) is 4. The summed E-state index contributed by atoms with van der Waals surface area (Å²) >= 11 is 0. The maximum absolute atomic E-state index is 13.9. The molecule has 1 aliphatic heterocycles. The van der Waals surface area contributed by atoms with Crippen molar-refractivity contribution in [3.05, 3.63) is 77.6 Å². The van der Waals surface area contributed by atoms with Crippen molar-refractivity contribution in [2.24, 2.45) is 0 Å². The second-order valence-electron chi connectivity index (χ2n) is 6.48. The zero-order chi connectivity index (χ0) is 18.8. The number of nitrogens with zero attached hydrogens (tertiary/aromatic N) is 2. The highest BCUT2D eigenvalue weighted by Crippen LogP contribution is 2.30. The fourth-order valence-electron chi connectivity index (χ4n) is 3.18. The highest BCUT2D eigenvalue weighted by molar-refractivity contribution is 5.95. The van der Waals surface area contributed by atoms with Gasteiger partial charge in [0, 0.05) is 36.1 Å². The van der Waals surface area contributed by atoms with Crippen LogP contribution in [-0.2, 0) is 6.42 Å². The number of amides is 1. The summed E-state index contributed by atoms with van der Waals surface area (Å²) in [5.41, 5.74) is 3.80. The Morgan fingerprint density at radius 3 is 2.89 bits per heavy atom. The van der Waals surface area contributed by atoms with Gasteiger partial charge in [-0.15, -0.1) is 0 Å². The molecule has 1 N–H and O–H groups in total. The van der Waals surface area contributed by atoms with E-state index < -0.39 is 11.9 Å². The molecule has 0 radical (unpaired) electrons. The van der Waals surface area contributed by atoms with E-state index >= 15 is 0 Å². The van der Waals surface area contributed by atoms with Crippen LogP contribution in [0.2, 0.25) is 0 Å². The largest absolute Gasteiger partial charge is 0.493 e. The molecule has 0 fully saturated rings. The first kappa shape index (κ1) is 17.1. The quantitative estimate of drug-likeness (QED) is 0.768. The van der Waals surface area contributed by atoms with Crippen LogP contribution in [0.5, 0.6) is 5.75 Å². The monoisotopic (exact) mass is 363 g/mol. The van der Waals surface area contributed by atoms with Gasteiger partial charge in [-0.3, -0.25) is 14.8 Å². The Labute approximate surface area is 156 Å². The number of rotatable bonds is 4. The van der Waals surface area contributed by atoms with Gasteiger partial charge in [-0.2, -0.15) is 0 Å². The Morgan fingerprint density at radius 2 is 2.04 bits per heavy atom. The summed E-state index contributed by atoms with van der Waals surface area (Å²) in [6, 6.07) is 8.82. The lowest BCUT2D eigenvalue weighted by molar-refractivity contribution is 0.0939. The van der Waals surface area contributed by atoms with Crippen LogP contribution >= 0.6 is 0 Å². The third-order valence-electron chi connectivity index (χ3n) is 4.64. The number of carbonyl (C=O) groups excluding carboxylic acids is 1. The van der Waals surface area contributed by atoms with Crippen LogP contribution in [0, 0.1) is 5.82 Å². The number of nitrogens with one attached hydrogen (secondary N) is 1. The highest BCUT2D eigenvalue weighted by atomic mass is 19.1. The molecule has 136 valence electrons. The maximum atomic E-state index is 13.9. The molecule has 1 amide bonds. The molecule has 0 spiro atoms. The van der Waals surface area contributed by atoms with E-state index in [9.17, 15) is 9.18 Å². The average Bonchev–Trinajstić information content (AvgIpc) is 3.16.